The van der Waals surface area contributed by atoms with Gasteiger partial charge in [0.05, 0.1) is 12.3 Å². The van der Waals surface area contributed by atoms with Gasteiger partial charge in [-0.25, -0.2) is 4.39 Å². The van der Waals surface area contributed by atoms with Crippen molar-refractivity contribution in [1.29, 1.82) is 0 Å². The third kappa shape index (κ3) is 6.67. The molecule has 0 fully saturated rings. The first-order chi connectivity index (χ1) is 13.0. The van der Waals surface area contributed by atoms with Crippen LogP contribution >= 0.6 is 0 Å². The highest BCUT2D eigenvalue weighted by Gasteiger charge is 2.10. The van der Waals surface area contributed by atoms with Gasteiger partial charge in [-0.15, -0.1) is 0 Å². The molecule has 1 N–H and O–H groups in total. The number of ether oxygens (including phenoxy) is 3. The Bertz CT molecular complexity index is 796. The Morgan fingerprint density at radius 2 is 1.93 bits per heavy atom. The number of carbonyl (C=O) groups excluding carboxylic acids is 1. The summed E-state index contributed by atoms with van der Waals surface area (Å²) in [7, 11) is 1.51. The van der Waals surface area contributed by atoms with Gasteiger partial charge in [0.25, 0.3) is 0 Å². The fourth-order valence-electron chi connectivity index (χ4n) is 2.12. The highest BCUT2D eigenvalue weighted by atomic mass is 19.3. The molecule has 144 valence electrons. The number of nitrogens with one attached hydrogen (secondary N) is 1. The van der Waals surface area contributed by atoms with Crippen molar-refractivity contribution in [2.24, 2.45) is 0 Å². The third-order valence-electron chi connectivity index (χ3n) is 3.29. The number of methoxy groups -OCH3 is 1. The predicted octanol–water partition coefficient (Wildman–Crippen LogP) is 4.10. The fourth-order valence-corrected chi connectivity index (χ4v) is 2.12. The number of para-hydroxylation sites is 1. The first kappa shape index (κ1) is 20.3. The molecule has 5 nitrogen and oxygen atoms in total. The van der Waals surface area contributed by atoms with Crippen molar-refractivity contribution in [2.75, 3.05) is 25.6 Å². The first-order valence-corrected chi connectivity index (χ1v) is 7.94. The molecular formula is C19H18F3NO4. The van der Waals surface area contributed by atoms with E-state index >= 15 is 0 Å². The number of rotatable bonds is 9. The number of hydrogen-bond acceptors (Lipinski definition) is 4. The van der Waals surface area contributed by atoms with Crippen LogP contribution in [0.4, 0.5) is 18.9 Å². The Balaban J connectivity index is 2.10. The molecule has 27 heavy (non-hydrogen) atoms. The summed E-state index contributed by atoms with van der Waals surface area (Å²) in [4.78, 5) is 12.1. The summed E-state index contributed by atoms with van der Waals surface area (Å²) in [5, 5.41) is 2.49. The molecule has 0 unspecified atom stereocenters. The highest BCUT2D eigenvalue weighted by Crippen LogP contribution is 2.26. The summed E-state index contributed by atoms with van der Waals surface area (Å²) in [6, 6.07) is 9.72. The fraction of sp³-hybridized carbons (Fsp3) is 0.211. The van der Waals surface area contributed by atoms with Crippen LogP contribution < -0.4 is 14.8 Å². The maximum Gasteiger partial charge on any atom is 0.387 e. The first-order valence-electron chi connectivity index (χ1n) is 7.94. The van der Waals surface area contributed by atoms with E-state index in [0.717, 1.165) is 12.1 Å². The lowest BCUT2D eigenvalue weighted by molar-refractivity contribution is -0.111. The van der Waals surface area contributed by atoms with E-state index in [-0.39, 0.29) is 23.8 Å². The summed E-state index contributed by atoms with van der Waals surface area (Å²) in [6.45, 7) is -2.43. The number of halogens is 3. The molecule has 2 aromatic carbocycles. The van der Waals surface area contributed by atoms with Gasteiger partial charge >= 0.3 is 6.61 Å². The zero-order valence-corrected chi connectivity index (χ0v) is 14.5. The maximum atomic E-state index is 13.5. The van der Waals surface area contributed by atoms with Crippen LogP contribution in [0.2, 0.25) is 0 Å². The van der Waals surface area contributed by atoms with E-state index in [9.17, 15) is 18.0 Å². The molecule has 0 aromatic heterocycles. The van der Waals surface area contributed by atoms with Crippen LogP contribution in [-0.4, -0.2) is 32.8 Å². The van der Waals surface area contributed by atoms with Gasteiger partial charge < -0.3 is 19.5 Å². The molecule has 0 spiro atoms. The van der Waals surface area contributed by atoms with E-state index in [0.29, 0.717) is 12.2 Å². The largest absolute Gasteiger partial charge is 0.489 e. The number of benzene rings is 2. The average Bonchev–Trinajstić information content (AvgIpc) is 2.62. The minimum absolute atomic E-state index is 0.0640. The third-order valence-corrected chi connectivity index (χ3v) is 3.29. The normalized spacial score (nSPS) is 11.0. The second-order valence-corrected chi connectivity index (χ2v) is 5.22. The Morgan fingerprint density at radius 1 is 1.15 bits per heavy atom. The molecule has 0 aliphatic rings. The molecule has 0 radical (unpaired) electrons. The summed E-state index contributed by atoms with van der Waals surface area (Å²) < 4.78 is 53.0. The maximum absolute atomic E-state index is 13.5. The van der Waals surface area contributed by atoms with Crippen molar-refractivity contribution in [3.63, 3.8) is 0 Å². The van der Waals surface area contributed by atoms with Crippen LogP contribution in [0, 0.1) is 5.82 Å². The van der Waals surface area contributed by atoms with E-state index in [1.165, 1.54) is 43.5 Å². The van der Waals surface area contributed by atoms with E-state index < -0.39 is 18.3 Å². The molecule has 0 saturated carbocycles. The van der Waals surface area contributed by atoms with Crippen molar-refractivity contribution in [1.82, 2.24) is 0 Å². The van der Waals surface area contributed by atoms with Crippen LogP contribution in [0.25, 0.3) is 6.08 Å². The molecule has 0 saturated heterocycles. The number of hydrogen-bond donors (Lipinski definition) is 1. The standard InChI is InChI=1S/C19H18F3NO4/c1-25-10-11-26-17-8-7-14(20)12-15(17)23-18(24)9-6-13-4-2-3-5-16(13)27-19(21)22/h2-9,12,19H,10-11H2,1H3,(H,23,24). The molecular weight excluding hydrogens is 363 g/mol. The lowest BCUT2D eigenvalue weighted by Crippen LogP contribution is -2.11. The van der Waals surface area contributed by atoms with Gasteiger partial charge in [-0.2, -0.15) is 8.78 Å². The van der Waals surface area contributed by atoms with Crippen LogP contribution in [0.3, 0.4) is 0 Å². The molecule has 0 bridgehead atoms. The van der Waals surface area contributed by atoms with Gasteiger partial charge in [-0.1, -0.05) is 18.2 Å². The number of carbonyl (C=O) groups is 1. The molecule has 2 aromatic rings. The average molecular weight is 381 g/mol. The summed E-state index contributed by atoms with van der Waals surface area (Å²) in [5.74, 6) is -0.935. The van der Waals surface area contributed by atoms with Gasteiger partial charge in [0.1, 0.15) is 23.9 Å². The minimum atomic E-state index is -2.98. The predicted molar refractivity (Wildman–Crippen MR) is 94.5 cm³/mol. The van der Waals surface area contributed by atoms with Gasteiger partial charge in [-0.3, -0.25) is 4.79 Å². The summed E-state index contributed by atoms with van der Waals surface area (Å²) >= 11 is 0. The molecule has 0 aliphatic heterocycles. The summed E-state index contributed by atoms with van der Waals surface area (Å²) in [5.41, 5.74) is 0.432. The van der Waals surface area contributed by atoms with Crippen molar-refractivity contribution in [3.8, 4) is 11.5 Å². The van der Waals surface area contributed by atoms with Crippen molar-refractivity contribution >= 4 is 17.7 Å². The Morgan fingerprint density at radius 3 is 2.67 bits per heavy atom. The van der Waals surface area contributed by atoms with Crippen molar-refractivity contribution < 1.29 is 32.2 Å². The Hall–Kier alpha value is -3.00. The number of anilines is 1. The quantitative estimate of drug-likeness (QED) is 0.525. The van der Waals surface area contributed by atoms with Crippen LogP contribution in [0.5, 0.6) is 11.5 Å². The van der Waals surface area contributed by atoms with Crippen molar-refractivity contribution in [3.05, 3.63) is 59.9 Å². The lowest BCUT2D eigenvalue weighted by Gasteiger charge is -2.11. The molecule has 0 atom stereocenters. The second-order valence-electron chi connectivity index (χ2n) is 5.22. The molecule has 1 amide bonds. The van der Waals surface area contributed by atoms with Crippen LogP contribution in [-0.2, 0) is 9.53 Å². The smallest absolute Gasteiger partial charge is 0.387 e. The highest BCUT2D eigenvalue weighted by molar-refractivity contribution is 6.02. The number of alkyl halides is 2. The zero-order chi connectivity index (χ0) is 19.6. The van der Waals surface area contributed by atoms with Crippen LogP contribution in [0.15, 0.2) is 48.5 Å². The van der Waals surface area contributed by atoms with E-state index in [2.05, 4.69) is 10.1 Å². The lowest BCUT2D eigenvalue weighted by atomic mass is 10.2. The monoisotopic (exact) mass is 381 g/mol. The Labute approximate surface area is 154 Å². The summed E-state index contributed by atoms with van der Waals surface area (Å²) in [6.07, 6.45) is 2.44. The van der Waals surface area contributed by atoms with Crippen LogP contribution in [0.1, 0.15) is 5.56 Å². The minimum Gasteiger partial charge on any atom is -0.489 e. The number of amides is 1. The van der Waals surface area contributed by atoms with Gasteiger partial charge in [0, 0.05) is 24.8 Å². The molecule has 2 rings (SSSR count). The topological polar surface area (TPSA) is 56.8 Å². The molecule has 0 aliphatic carbocycles. The van der Waals surface area contributed by atoms with Gasteiger partial charge in [0.2, 0.25) is 5.91 Å². The van der Waals surface area contributed by atoms with E-state index in [1.54, 1.807) is 6.07 Å². The molecule has 8 heteroatoms. The second kappa shape index (κ2) is 10.2. The zero-order valence-electron chi connectivity index (χ0n) is 14.5. The van der Waals surface area contributed by atoms with Gasteiger partial charge in [-0.05, 0) is 24.3 Å². The van der Waals surface area contributed by atoms with E-state index in [1.807, 2.05) is 0 Å². The van der Waals surface area contributed by atoms with E-state index in [4.69, 9.17) is 9.47 Å². The molecule has 0 heterocycles. The van der Waals surface area contributed by atoms with Crippen molar-refractivity contribution in [2.45, 2.75) is 6.61 Å². The Kier molecular flexibility index (Phi) is 7.69. The van der Waals surface area contributed by atoms with Gasteiger partial charge in [0.15, 0.2) is 0 Å². The SMILES string of the molecule is COCCOc1ccc(F)cc1NC(=O)C=Cc1ccccc1OC(F)F.